The molecule has 1 aromatic carbocycles. The zero-order valence-corrected chi connectivity index (χ0v) is 11.0. The highest BCUT2D eigenvalue weighted by Crippen LogP contribution is 2.23. The molecule has 0 amide bonds. The van der Waals surface area contributed by atoms with E-state index < -0.39 is 12.6 Å². The molecule has 1 nitrogen and oxygen atoms in total. The van der Waals surface area contributed by atoms with Crippen molar-refractivity contribution >= 4 is 11.6 Å². The van der Waals surface area contributed by atoms with Gasteiger partial charge in [-0.3, -0.25) is 0 Å². The topological polar surface area (TPSA) is 12.0 Å². The number of nitrogens with one attached hydrogen (secondary N) is 1. The van der Waals surface area contributed by atoms with Crippen LogP contribution in [0.5, 0.6) is 0 Å². The first-order chi connectivity index (χ1) is 8.40. The summed E-state index contributed by atoms with van der Waals surface area (Å²) in [6.07, 6.45) is -4.21. The van der Waals surface area contributed by atoms with E-state index in [0.29, 0.717) is 18.0 Å². The van der Waals surface area contributed by atoms with Crippen LogP contribution in [0.2, 0.25) is 5.02 Å². The Morgan fingerprint density at radius 1 is 1.33 bits per heavy atom. The number of hydrogen-bond acceptors (Lipinski definition) is 1. The highest BCUT2D eigenvalue weighted by Gasteiger charge is 2.28. The number of alkyl halides is 3. The molecule has 0 saturated heterocycles. The van der Waals surface area contributed by atoms with Crippen molar-refractivity contribution in [1.29, 1.82) is 0 Å². The molecule has 0 saturated carbocycles. The van der Waals surface area contributed by atoms with E-state index in [0.717, 1.165) is 5.56 Å². The normalized spacial score (nSPS) is 13.6. The molecule has 0 bridgehead atoms. The van der Waals surface area contributed by atoms with Crippen molar-refractivity contribution in [2.24, 2.45) is 0 Å². The number of likely N-dealkylation sites (N-methyl/N-ethyl adjacent to an activating group) is 1. The van der Waals surface area contributed by atoms with Crippen LogP contribution in [-0.2, 0) is 6.42 Å². The summed E-state index contributed by atoms with van der Waals surface area (Å²) >= 11 is 5.85. The molecule has 0 radical (unpaired) electrons. The van der Waals surface area contributed by atoms with Gasteiger partial charge in [0.1, 0.15) is 0 Å². The van der Waals surface area contributed by atoms with Crippen LogP contribution >= 0.6 is 11.6 Å². The van der Waals surface area contributed by atoms with Gasteiger partial charge in [-0.05, 0) is 37.1 Å². The molecular formula is C13H17ClF3N. The van der Waals surface area contributed by atoms with Crippen LogP contribution in [0.15, 0.2) is 24.3 Å². The fraction of sp³-hybridized carbons (Fsp3) is 0.538. The van der Waals surface area contributed by atoms with Gasteiger partial charge in [0.25, 0.3) is 0 Å². The second-order valence-electron chi connectivity index (χ2n) is 4.24. The molecule has 5 heteroatoms. The SMILES string of the molecule is CCNC(CCC(F)(F)F)Cc1cccc(Cl)c1. The molecular weight excluding hydrogens is 263 g/mol. The van der Waals surface area contributed by atoms with E-state index in [1.807, 2.05) is 19.1 Å². The van der Waals surface area contributed by atoms with Gasteiger partial charge in [-0.1, -0.05) is 30.7 Å². The molecule has 0 aromatic heterocycles. The standard InChI is InChI=1S/C13H17ClF3N/c1-2-18-12(6-7-13(15,16)17)9-10-4-3-5-11(14)8-10/h3-5,8,12,18H,2,6-7,9H2,1H3. The van der Waals surface area contributed by atoms with Gasteiger partial charge in [0, 0.05) is 17.5 Å². The lowest BCUT2D eigenvalue weighted by atomic mass is 10.0. The first-order valence-electron chi connectivity index (χ1n) is 5.95. The molecule has 1 N–H and O–H groups in total. The van der Waals surface area contributed by atoms with E-state index >= 15 is 0 Å². The summed E-state index contributed by atoms with van der Waals surface area (Å²) in [6.45, 7) is 2.54. The van der Waals surface area contributed by atoms with Crippen LogP contribution < -0.4 is 5.32 Å². The van der Waals surface area contributed by atoms with Crippen LogP contribution in [0.1, 0.15) is 25.3 Å². The number of hydrogen-bond donors (Lipinski definition) is 1. The molecule has 0 fully saturated rings. The van der Waals surface area contributed by atoms with Gasteiger partial charge in [-0.25, -0.2) is 0 Å². The number of rotatable bonds is 6. The third-order valence-corrected chi connectivity index (χ3v) is 2.88. The zero-order valence-electron chi connectivity index (χ0n) is 10.2. The third-order valence-electron chi connectivity index (χ3n) is 2.64. The first-order valence-corrected chi connectivity index (χ1v) is 6.33. The lowest BCUT2D eigenvalue weighted by Crippen LogP contribution is -2.32. The highest BCUT2D eigenvalue weighted by atomic mass is 35.5. The van der Waals surface area contributed by atoms with E-state index in [1.165, 1.54) is 0 Å². The van der Waals surface area contributed by atoms with E-state index in [2.05, 4.69) is 5.32 Å². The monoisotopic (exact) mass is 279 g/mol. The summed E-state index contributed by atoms with van der Waals surface area (Å²) in [5.41, 5.74) is 0.954. The Morgan fingerprint density at radius 3 is 2.61 bits per heavy atom. The van der Waals surface area contributed by atoms with E-state index in [4.69, 9.17) is 11.6 Å². The Kier molecular flexibility index (Phi) is 5.96. The van der Waals surface area contributed by atoms with Gasteiger partial charge in [-0.15, -0.1) is 0 Å². The van der Waals surface area contributed by atoms with Crippen LogP contribution in [0.3, 0.4) is 0 Å². The lowest BCUT2D eigenvalue weighted by Gasteiger charge is -2.19. The van der Waals surface area contributed by atoms with E-state index in [-0.39, 0.29) is 12.5 Å². The van der Waals surface area contributed by atoms with E-state index in [1.54, 1.807) is 12.1 Å². The molecule has 1 aromatic rings. The van der Waals surface area contributed by atoms with Crippen molar-refractivity contribution in [3.8, 4) is 0 Å². The maximum Gasteiger partial charge on any atom is 0.389 e. The maximum absolute atomic E-state index is 12.2. The molecule has 0 aliphatic carbocycles. The van der Waals surface area contributed by atoms with Crippen molar-refractivity contribution in [3.63, 3.8) is 0 Å². The van der Waals surface area contributed by atoms with Crippen LogP contribution in [0.25, 0.3) is 0 Å². The Bertz CT molecular complexity index is 365. The van der Waals surface area contributed by atoms with Gasteiger partial charge in [0.15, 0.2) is 0 Å². The average Bonchev–Trinajstić information content (AvgIpc) is 2.25. The minimum Gasteiger partial charge on any atom is -0.314 e. The first kappa shape index (κ1) is 15.3. The smallest absolute Gasteiger partial charge is 0.314 e. The second-order valence-corrected chi connectivity index (χ2v) is 4.68. The largest absolute Gasteiger partial charge is 0.389 e. The summed E-state index contributed by atoms with van der Waals surface area (Å²) in [7, 11) is 0. The van der Waals surface area contributed by atoms with Crippen LogP contribution in [0, 0.1) is 0 Å². The summed E-state index contributed by atoms with van der Waals surface area (Å²) in [5.74, 6) is 0. The predicted molar refractivity (Wildman–Crippen MR) is 67.9 cm³/mol. The Labute approximate surface area is 110 Å². The maximum atomic E-state index is 12.2. The van der Waals surface area contributed by atoms with Crippen molar-refractivity contribution in [1.82, 2.24) is 5.32 Å². The molecule has 102 valence electrons. The quantitative estimate of drug-likeness (QED) is 0.823. The minimum atomic E-state index is -4.10. The lowest BCUT2D eigenvalue weighted by molar-refractivity contribution is -0.136. The van der Waals surface area contributed by atoms with Crippen LogP contribution in [0.4, 0.5) is 13.2 Å². The minimum absolute atomic E-state index is 0.0872. The number of benzene rings is 1. The summed E-state index contributed by atoms with van der Waals surface area (Å²) < 4.78 is 36.6. The molecule has 0 heterocycles. The molecule has 1 unspecified atom stereocenters. The number of halogens is 4. The second kappa shape index (κ2) is 7.00. The Hall–Kier alpha value is -0.740. The Balaban J connectivity index is 2.57. The molecule has 18 heavy (non-hydrogen) atoms. The average molecular weight is 280 g/mol. The predicted octanol–water partition coefficient (Wildman–Crippen LogP) is 4.20. The summed E-state index contributed by atoms with van der Waals surface area (Å²) in [6, 6.07) is 7.06. The van der Waals surface area contributed by atoms with Gasteiger partial charge in [-0.2, -0.15) is 13.2 Å². The van der Waals surface area contributed by atoms with Gasteiger partial charge >= 0.3 is 6.18 Å². The van der Waals surface area contributed by atoms with Crippen molar-refractivity contribution in [2.45, 2.75) is 38.4 Å². The highest BCUT2D eigenvalue weighted by molar-refractivity contribution is 6.30. The molecule has 1 atom stereocenters. The molecule has 0 aliphatic rings. The summed E-state index contributed by atoms with van der Waals surface area (Å²) in [5, 5.41) is 3.69. The van der Waals surface area contributed by atoms with Crippen molar-refractivity contribution < 1.29 is 13.2 Å². The molecule has 1 rings (SSSR count). The van der Waals surface area contributed by atoms with Crippen molar-refractivity contribution in [3.05, 3.63) is 34.9 Å². The van der Waals surface area contributed by atoms with E-state index in [9.17, 15) is 13.2 Å². The third kappa shape index (κ3) is 6.26. The fourth-order valence-electron chi connectivity index (χ4n) is 1.85. The van der Waals surface area contributed by atoms with Gasteiger partial charge in [0.2, 0.25) is 0 Å². The van der Waals surface area contributed by atoms with Gasteiger partial charge < -0.3 is 5.32 Å². The summed E-state index contributed by atoms with van der Waals surface area (Å²) in [4.78, 5) is 0. The van der Waals surface area contributed by atoms with Crippen molar-refractivity contribution in [2.75, 3.05) is 6.54 Å². The zero-order chi connectivity index (χ0) is 13.6. The molecule has 0 spiro atoms. The Morgan fingerprint density at radius 2 is 2.06 bits per heavy atom. The van der Waals surface area contributed by atoms with Gasteiger partial charge in [0.05, 0.1) is 0 Å². The molecule has 0 aliphatic heterocycles. The fourth-order valence-corrected chi connectivity index (χ4v) is 2.06. The van der Waals surface area contributed by atoms with Crippen LogP contribution in [-0.4, -0.2) is 18.8 Å².